The van der Waals surface area contributed by atoms with Crippen LogP contribution in [0.15, 0.2) is 42.5 Å². The number of carbonyl (C=O) groups is 3. The Morgan fingerprint density at radius 3 is 2.35 bits per heavy atom. The summed E-state index contributed by atoms with van der Waals surface area (Å²) in [5.74, 6) is -1.01. The first-order valence-electron chi connectivity index (χ1n) is 8.23. The van der Waals surface area contributed by atoms with Crippen LogP contribution in [0.2, 0.25) is 0 Å². The Morgan fingerprint density at radius 2 is 1.65 bits per heavy atom. The van der Waals surface area contributed by atoms with Gasteiger partial charge in [0.25, 0.3) is 5.91 Å². The molecule has 26 heavy (non-hydrogen) atoms. The third kappa shape index (κ3) is 5.07. The number of rotatable bonds is 7. The highest BCUT2D eigenvalue weighted by Crippen LogP contribution is 2.20. The molecule has 0 unspecified atom stereocenters. The van der Waals surface area contributed by atoms with Crippen molar-refractivity contribution in [3.8, 4) is 0 Å². The Labute approximate surface area is 152 Å². The zero-order chi connectivity index (χ0) is 19.1. The highest BCUT2D eigenvalue weighted by molar-refractivity contribution is 6.03. The van der Waals surface area contributed by atoms with Gasteiger partial charge in [0.15, 0.2) is 0 Å². The molecule has 0 atom stereocenters. The van der Waals surface area contributed by atoms with E-state index in [0.29, 0.717) is 23.5 Å². The van der Waals surface area contributed by atoms with E-state index < -0.39 is 5.91 Å². The summed E-state index contributed by atoms with van der Waals surface area (Å²) in [7, 11) is 0. The van der Waals surface area contributed by atoms with Gasteiger partial charge in [0, 0.05) is 17.8 Å². The van der Waals surface area contributed by atoms with E-state index in [1.54, 1.807) is 37.3 Å². The third-order valence-electron chi connectivity index (χ3n) is 3.75. The number of hydrogen-bond donors (Lipinski definition) is 4. The summed E-state index contributed by atoms with van der Waals surface area (Å²) in [6.45, 7) is 3.67. The predicted octanol–water partition coefficient (Wildman–Crippen LogP) is 2.49. The highest BCUT2D eigenvalue weighted by Gasteiger charge is 2.10. The maximum atomic E-state index is 12.1. The van der Waals surface area contributed by atoms with E-state index in [-0.39, 0.29) is 23.9 Å². The van der Waals surface area contributed by atoms with Crippen LogP contribution in [0.4, 0.5) is 17.1 Å². The second-order valence-corrected chi connectivity index (χ2v) is 5.74. The summed E-state index contributed by atoms with van der Waals surface area (Å²) in [4.78, 5) is 35.1. The second-order valence-electron chi connectivity index (χ2n) is 5.74. The van der Waals surface area contributed by atoms with Crippen LogP contribution in [-0.4, -0.2) is 24.3 Å². The molecule has 0 heterocycles. The summed E-state index contributed by atoms with van der Waals surface area (Å²) < 4.78 is 0. The molecule has 3 amide bonds. The SMILES string of the molecule is CCC(=O)Nc1cc(NCC(=O)Nc2ccccc2C(N)=O)ccc1C. The van der Waals surface area contributed by atoms with Crippen LogP contribution < -0.4 is 21.7 Å². The van der Waals surface area contributed by atoms with Crippen molar-refractivity contribution in [2.75, 3.05) is 22.5 Å². The van der Waals surface area contributed by atoms with Crippen molar-refractivity contribution < 1.29 is 14.4 Å². The van der Waals surface area contributed by atoms with Crippen LogP contribution in [-0.2, 0) is 9.59 Å². The Kier molecular flexibility index (Phi) is 6.32. The summed E-state index contributed by atoms with van der Waals surface area (Å²) in [5.41, 5.74) is 8.23. The monoisotopic (exact) mass is 354 g/mol. The fourth-order valence-corrected chi connectivity index (χ4v) is 2.29. The van der Waals surface area contributed by atoms with Crippen molar-refractivity contribution in [2.24, 2.45) is 5.73 Å². The topological polar surface area (TPSA) is 113 Å². The summed E-state index contributed by atoms with van der Waals surface area (Å²) in [6.07, 6.45) is 0.388. The van der Waals surface area contributed by atoms with E-state index in [0.717, 1.165) is 5.56 Å². The Bertz CT molecular complexity index is 833. The van der Waals surface area contributed by atoms with Gasteiger partial charge in [-0.15, -0.1) is 0 Å². The molecular weight excluding hydrogens is 332 g/mol. The first-order chi connectivity index (χ1) is 12.4. The highest BCUT2D eigenvalue weighted by atomic mass is 16.2. The van der Waals surface area contributed by atoms with Gasteiger partial charge in [0.2, 0.25) is 11.8 Å². The van der Waals surface area contributed by atoms with Gasteiger partial charge in [-0.05, 0) is 36.8 Å². The lowest BCUT2D eigenvalue weighted by atomic mass is 10.1. The minimum Gasteiger partial charge on any atom is -0.376 e. The molecule has 0 bridgehead atoms. The lowest BCUT2D eigenvalue weighted by Gasteiger charge is -2.13. The number of para-hydroxylation sites is 1. The maximum Gasteiger partial charge on any atom is 0.250 e. The van der Waals surface area contributed by atoms with Crippen LogP contribution in [0, 0.1) is 6.92 Å². The molecular formula is C19H22N4O3. The van der Waals surface area contributed by atoms with Gasteiger partial charge in [-0.1, -0.05) is 25.1 Å². The Balaban J connectivity index is 2.00. The van der Waals surface area contributed by atoms with Crippen LogP contribution in [0.1, 0.15) is 29.3 Å². The van der Waals surface area contributed by atoms with E-state index in [4.69, 9.17) is 5.73 Å². The van der Waals surface area contributed by atoms with Gasteiger partial charge in [-0.3, -0.25) is 14.4 Å². The summed E-state index contributed by atoms with van der Waals surface area (Å²) in [6, 6.07) is 12.0. The molecule has 7 heteroatoms. The average Bonchev–Trinajstić information content (AvgIpc) is 2.62. The molecule has 0 saturated carbocycles. The molecule has 2 rings (SSSR count). The van der Waals surface area contributed by atoms with Crippen molar-refractivity contribution in [1.29, 1.82) is 0 Å². The second kappa shape index (κ2) is 8.66. The van der Waals surface area contributed by atoms with Crippen LogP contribution in [0.5, 0.6) is 0 Å². The third-order valence-corrected chi connectivity index (χ3v) is 3.75. The molecule has 7 nitrogen and oxygen atoms in total. The Hall–Kier alpha value is -3.35. The number of nitrogens with one attached hydrogen (secondary N) is 3. The Morgan fingerprint density at radius 1 is 0.962 bits per heavy atom. The zero-order valence-corrected chi connectivity index (χ0v) is 14.8. The number of aryl methyl sites for hydroxylation is 1. The van der Waals surface area contributed by atoms with Crippen LogP contribution >= 0.6 is 0 Å². The van der Waals surface area contributed by atoms with Crippen LogP contribution in [0.3, 0.4) is 0 Å². The first kappa shape index (κ1) is 19.0. The molecule has 5 N–H and O–H groups in total. The molecule has 0 spiro atoms. The van der Waals surface area contributed by atoms with E-state index in [1.807, 2.05) is 19.1 Å². The lowest BCUT2D eigenvalue weighted by Crippen LogP contribution is -2.24. The molecule has 0 aliphatic carbocycles. The number of hydrogen-bond acceptors (Lipinski definition) is 4. The van der Waals surface area contributed by atoms with Gasteiger partial charge in [0.1, 0.15) is 0 Å². The summed E-state index contributed by atoms with van der Waals surface area (Å²) >= 11 is 0. The largest absolute Gasteiger partial charge is 0.376 e. The molecule has 0 saturated heterocycles. The average molecular weight is 354 g/mol. The normalized spacial score (nSPS) is 10.1. The molecule has 0 radical (unpaired) electrons. The van der Waals surface area contributed by atoms with Crippen LogP contribution in [0.25, 0.3) is 0 Å². The smallest absolute Gasteiger partial charge is 0.250 e. The van der Waals surface area contributed by atoms with Crippen molar-refractivity contribution in [1.82, 2.24) is 0 Å². The first-order valence-corrected chi connectivity index (χ1v) is 8.23. The number of anilines is 3. The minimum absolute atomic E-state index is 0.00266. The molecule has 2 aromatic carbocycles. The number of primary amides is 1. The quantitative estimate of drug-likeness (QED) is 0.612. The number of amides is 3. The van der Waals surface area contributed by atoms with Gasteiger partial charge < -0.3 is 21.7 Å². The summed E-state index contributed by atoms with van der Waals surface area (Å²) in [5, 5.41) is 8.47. The molecule has 2 aromatic rings. The fourth-order valence-electron chi connectivity index (χ4n) is 2.29. The van der Waals surface area contributed by atoms with E-state index in [9.17, 15) is 14.4 Å². The maximum absolute atomic E-state index is 12.1. The van der Waals surface area contributed by atoms with Crippen molar-refractivity contribution in [3.63, 3.8) is 0 Å². The predicted molar refractivity (Wildman–Crippen MR) is 102 cm³/mol. The molecule has 136 valence electrons. The molecule has 0 aromatic heterocycles. The van der Waals surface area contributed by atoms with Crippen molar-refractivity contribution in [3.05, 3.63) is 53.6 Å². The number of carbonyl (C=O) groups excluding carboxylic acids is 3. The van der Waals surface area contributed by atoms with Gasteiger partial charge in [0.05, 0.1) is 17.8 Å². The standard InChI is InChI=1S/C19H22N4O3/c1-3-17(24)23-16-10-13(9-8-12(16)2)21-11-18(25)22-15-7-5-4-6-14(15)19(20)26/h4-10,21H,3,11H2,1-2H3,(H2,20,26)(H,22,25)(H,23,24). The van der Waals surface area contributed by atoms with Gasteiger partial charge >= 0.3 is 0 Å². The van der Waals surface area contributed by atoms with E-state index in [2.05, 4.69) is 16.0 Å². The van der Waals surface area contributed by atoms with Crippen molar-refractivity contribution >= 4 is 34.8 Å². The number of nitrogens with two attached hydrogens (primary N) is 1. The molecule has 0 fully saturated rings. The van der Waals surface area contributed by atoms with Gasteiger partial charge in [-0.2, -0.15) is 0 Å². The van der Waals surface area contributed by atoms with E-state index in [1.165, 1.54) is 0 Å². The zero-order valence-electron chi connectivity index (χ0n) is 14.8. The molecule has 0 aliphatic heterocycles. The number of benzene rings is 2. The lowest BCUT2D eigenvalue weighted by molar-refractivity contribution is -0.116. The van der Waals surface area contributed by atoms with E-state index >= 15 is 0 Å². The van der Waals surface area contributed by atoms with Gasteiger partial charge in [-0.25, -0.2) is 0 Å². The fraction of sp³-hybridized carbons (Fsp3) is 0.211. The minimum atomic E-state index is -0.608. The molecule has 0 aliphatic rings. The van der Waals surface area contributed by atoms with Crippen molar-refractivity contribution in [2.45, 2.75) is 20.3 Å².